The number of benzene rings is 1. The highest BCUT2D eigenvalue weighted by atomic mass is 35.5. The fourth-order valence-electron chi connectivity index (χ4n) is 1.72. The summed E-state index contributed by atoms with van der Waals surface area (Å²) >= 11 is 7.61. The molecule has 2 N–H and O–H groups in total. The van der Waals surface area contributed by atoms with E-state index in [2.05, 4.69) is 15.6 Å². The van der Waals surface area contributed by atoms with Crippen LogP contribution < -0.4 is 10.6 Å². The van der Waals surface area contributed by atoms with Gasteiger partial charge in [0.25, 0.3) is 0 Å². The number of hydrogen-bond donors (Lipinski definition) is 2. The van der Waals surface area contributed by atoms with E-state index in [1.54, 1.807) is 25.9 Å². The number of guanidine groups is 1. The van der Waals surface area contributed by atoms with Gasteiger partial charge in [0, 0.05) is 49.5 Å². The van der Waals surface area contributed by atoms with Crippen LogP contribution in [-0.4, -0.2) is 69.5 Å². The Labute approximate surface area is 159 Å². The second-order valence-electron chi connectivity index (χ2n) is 5.31. The van der Waals surface area contributed by atoms with Crippen LogP contribution in [-0.2, 0) is 9.53 Å². The SMILES string of the molecule is CCOCCNC(=NCC(=O)N(C)C)NCCSc1ccc(Cl)cc1. The van der Waals surface area contributed by atoms with Gasteiger partial charge >= 0.3 is 0 Å². The predicted molar refractivity (Wildman–Crippen MR) is 106 cm³/mol. The number of halogens is 1. The fourth-order valence-corrected chi connectivity index (χ4v) is 2.61. The molecule has 0 saturated heterocycles. The van der Waals surface area contributed by atoms with Gasteiger partial charge in [-0.3, -0.25) is 4.79 Å². The molecule has 1 rings (SSSR count). The highest BCUT2D eigenvalue weighted by Gasteiger charge is 2.04. The van der Waals surface area contributed by atoms with Crippen LogP contribution in [0.15, 0.2) is 34.2 Å². The van der Waals surface area contributed by atoms with Crippen LogP contribution in [0, 0.1) is 0 Å². The first kappa shape index (κ1) is 21.6. The third kappa shape index (κ3) is 10.2. The summed E-state index contributed by atoms with van der Waals surface area (Å²) in [6.07, 6.45) is 0. The molecule has 8 heteroatoms. The minimum Gasteiger partial charge on any atom is -0.380 e. The highest BCUT2D eigenvalue weighted by molar-refractivity contribution is 7.99. The minimum absolute atomic E-state index is 0.0403. The molecule has 0 saturated carbocycles. The molecule has 0 unspecified atom stereocenters. The van der Waals surface area contributed by atoms with E-state index in [0.29, 0.717) is 25.7 Å². The fraction of sp³-hybridized carbons (Fsp3) is 0.529. The Kier molecular flexibility index (Phi) is 11.1. The lowest BCUT2D eigenvalue weighted by molar-refractivity contribution is -0.127. The van der Waals surface area contributed by atoms with Crippen LogP contribution in [0.25, 0.3) is 0 Å². The third-order valence-electron chi connectivity index (χ3n) is 3.09. The first-order chi connectivity index (χ1) is 12.0. The number of aliphatic imine (C=N–C) groups is 1. The van der Waals surface area contributed by atoms with Gasteiger partial charge in [-0.25, -0.2) is 4.99 Å². The lowest BCUT2D eigenvalue weighted by Crippen LogP contribution is -2.41. The molecule has 0 aliphatic rings. The molecular formula is C17H27ClN4O2S. The number of nitrogens with one attached hydrogen (secondary N) is 2. The van der Waals surface area contributed by atoms with E-state index in [0.717, 1.165) is 22.2 Å². The summed E-state index contributed by atoms with van der Waals surface area (Å²) in [5.74, 6) is 1.45. The smallest absolute Gasteiger partial charge is 0.243 e. The van der Waals surface area contributed by atoms with Gasteiger partial charge in [0.05, 0.1) is 6.61 Å². The number of thioether (sulfide) groups is 1. The van der Waals surface area contributed by atoms with Gasteiger partial charge in [0.2, 0.25) is 5.91 Å². The monoisotopic (exact) mass is 386 g/mol. The zero-order chi connectivity index (χ0) is 18.5. The molecule has 0 fully saturated rings. The van der Waals surface area contributed by atoms with E-state index in [4.69, 9.17) is 16.3 Å². The number of hydrogen-bond acceptors (Lipinski definition) is 4. The Morgan fingerprint density at radius 2 is 1.92 bits per heavy atom. The molecule has 0 spiro atoms. The largest absolute Gasteiger partial charge is 0.380 e. The zero-order valence-electron chi connectivity index (χ0n) is 15.0. The van der Waals surface area contributed by atoms with E-state index in [9.17, 15) is 4.79 Å². The quantitative estimate of drug-likeness (QED) is 0.279. The Balaban J connectivity index is 2.41. The van der Waals surface area contributed by atoms with Gasteiger partial charge < -0.3 is 20.3 Å². The number of likely N-dealkylation sites (N-methyl/N-ethyl adjacent to an activating group) is 1. The maximum atomic E-state index is 11.7. The van der Waals surface area contributed by atoms with Crippen molar-refractivity contribution < 1.29 is 9.53 Å². The van der Waals surface area contributed by atoms with Crippen molar-refractivity contribution in [3.63, 3.8) is 0 Å². The molecule has 1 amide bonds. The second-order valence-corrected chi connectivity index (χ2v) is 6.91. The van der Waals surface area contributed by atoms with Gasteiger partial charge in [0.15, 0.2) is 5.96 Å². The van der Waals surface area contributed by atoms with E-state index in [1.807, 2.05) is 31.2 Å². The Morgan fingerprint density at radius 1 is 1.24 bits per heavy atom. The highest BCUT2D eigenvalue weighted by Crippen LogP contribution is 2.19. The number of amides is 1. The summed E-state index contributed by atoms with van der Waals surface area (Å²) in [4.78, 5) is 18.7. The van der Waals surface area contributed by atoms with Crippen molar-refractivity contribution in [3.8, 4) is 0 Å². The van der Waals surface area contributed by atoms with E-state index in [1.165, 1.54) is 4.90 Å². The molecule has 0 aliphatic heterocycles. The number of nitrogens with zero attached hydrogens (tertiary/aromatic N) is 2. The second kappa shape index (κ2) is 12.9. The van der Waals surface area contributed by atoms with Crippen LogP contribution in [0.5, 0.6) is 0 Å². The molecule has 25 heavy (non-hydrogen) atoms. The van der Waals surface area contributed by atoms with Gasteiger partial charge in [-0.2, -0.15) is 0 Å². The van der Waals surface area contributed by atoms with Crippen molar-refractivity contribution in [2.75, 3.05) is 52.7 Å². The van der Waals surface area contributed by atoms with Crippen molar-refractivity contribution in [1.29, 1.82) is 0 Å². The molecule has 0 aliphatic carbocycles. The summed E-state index contributed by atoms with van der Waals surface area (Å²) in [7, 11) is 3.44. The Morgan fingerprint density at radius 3 is 2.56 bits per heavy atom. The van der Waals surface area contributed by atoms with Crippen molar-refractivity contribution in [1.82, 2.24) is 15.5 Å². The van der Waals surface area contributed by atoms with Crippen LogP contribution in [0.1, 0.15) is 6.92 Å². The summed E-state index contributed by atoms with van der Waals surface area (Å²) in [6.45, 7) is 4.71. The lowest BCUT2D eigenvalue weighted by Gasteiger charge is -2.13. The molecular weight excluding hydrogens is 360 g/mol. The number of ether oxygens (including phenoxy) is 1. The summed E-state index contributed by atoms with van der Waals surface area (Å²) in [5.41, 5.74) is 0. The van der Waals surface area contributed by atoms with Crippen LogP contribution in [0.2, 0.25) is 5.02 Å². The average Bonchev–Trinajstić information content (AvgIpc) is 2.60. The summed E-state index contributed by atoms with van der Waals surface area (Å²) in [6, 6.07) is 7.76. The standard InChI is InChI=1S/C17H27ClN4O2S/c1-4-24-11-9-19-17(21-13-16(23)22(2)3)20-10-12-25-15-7-5-14(18)6-8-15/h5-8H,4,9-13H2,1-3H3,(H2,19,20,21). The maximum absolute atomic E-state index is 11.7. The topological polar surface area (TPSA) is 66.0 Å². The molecule has 0 atom stereocenters. The summed E-state index contributed by atoms with van der Waals surface area (Å²) < 4.78 is 5.31. The normalized spacial score (nSPS) is 11.3. The van der Waals surface area contributed by atoms with Crippen LogP contribution in [0.4, 0.5) is 0 Å². The van der Waals surface area contributed by atoms with Crippen molar-refractivity contribution in [2.45, 2.75) is 11.8 Å². The Bertz CT molecular complexity index is 538. The van der Waals surface area contributed by atoms with Crippen molar-refractivity contribution in [3.05, 3.63) is 29.3 Å². The molecule has 0 aromatic heterocycles. The minimum atomic E-state index is -0.0403. The summed E-state index contributed by atoms with van der Waals surface area (Å²) in [5, 5.41) is 7.15. The first-order valence-electron chi connectivity index (χ1n) is 8.21. The molecule has 0 radical (unpaired) electrons. The molecule has 6 nitrogen and oxygen atoms in total. The number of carbonyl (C=O) groups is 1. The van der Waals surface area contributed by atoms with Gasteiger partial charge in [-0.1, -0.05) is 11.6 Å². The molecule has 1 aromatic rings. The van der Waals surface area contributed by atoms with Crippen LogP contribution in [0.3, 0.4) is 0 Å². The van der Waals surface area contributed by atoms with E-state index < -0.39 is 0 Å². The van der Waals surface area contributed by atoms with Crippen molar-refractivity contribution in [2.24, 2.45) is 4.99 Å². The molecule has 140 valence electrons. The third-order valence-corrected chi connectivity index (χ3v) is 4.36. The molecule has 0 heterocycles. The van der Waals surface area contributed by atoms with Crippen molar-refractivity contribution >= 4 is 35.2 Å². The van der Waals surface area contributed by atoms with Gasteiger partial charge in [-0.05, 0) is 31.2 Å². The van der Waals surface area contributed by atoms with Gasteiger partial charge in [-0.15, -0.1) is 11.8 Å². The number of carbonyl (C=O) groups excluding carboxylic acids is 1. The lowest BCUT2D eigenvalue weighted by atomic mass is 10.4. The average molecular weight is 387 g/mol. The van der Waals surface area contributed by atoms with E-state index in [-0.39, 0.29) is 12.5 Å². The van der Waals surface area contributed by atoms with Crippen LogP contribution >= 0.6 is 23.4 Å². The zero-order valence-corrected chi connectivity index (χ0v) is 16.6. The molecule has 0 bridgehead atoms. The van der Waals surface area contributed by atoms with E-state index >= 15 is 0 Å². The Hall–Kier alpha value is -1.44. The predicted octanol–water partition coefficient (Wildman–Crippen LogP) is 2.09. The first-order valence-corrected chi connectivity index (χ1v) is 9.57. The molecule has 1 aromatic carbocycles. The van der Waals surface area contributed by atoms with Gasteiger partial charge in [0.1, 0.15) is 6.54 Å². The maximum Gasteiger partial charge on any atom is 0.243 e. The number of rotatable bonds is 10.